The third-order valence-electron chi connectivity index (χ3n) is 2.03. The van der Waals surface area contributed by atoms with Crippen LogP contribution in [0.4, 0.5) is 4.79 Å². The smallest absolute Gasteiger partial charge is 0.422 e. The summed E-state index contributed by atoms with van der Waals surface area (Å²) in [5, 5.41) is 0. The van der Waals surface area contributed by atoms with Crippen molar-refractivity contribution in [1.82, 2.24) is 4.90 Å². The molecule has 0 heterocycles. The van der Waals surface area contributed by atoms with Crippen LogP contribution in [0.25, 0.3) is 0 Å². The Morgan fingerprint density at radius 1 is 1.37 bits per heavy atom. The van der Waals surface area contributed by atoms with Crippen molar-refractivity contribution in [2.45, 2.75) is 26.4 Å². The fourth-order valence-corrected chi connectivity index (χ4v) is 1.27. The Balaban J connectivity index is 2.82. The van der Waals surface area contributed by atoms with E-state index in [0.29, 0.717) is 6.54 Å². The molecule has 1 amide bonds. The summed E-state index contributed by atoms with van der Waals surface area (Å²) in [6.45, 7) is 9.41. The monoisotopic (exact) mass is 257 g/mol. The van der Waals surface area contributed by atoms with Crippen molar-refractivity contribution in [3.8, 4) is 12.0 Å². The van der Waals surface area contributed by atoms with E-state index in [0.717, 1.165) is 5.56 Å². The van der Waals surface area contributed by atoms with Crippen molar-refractivity contribution >= 4 is 6.09 Å². The number of carbonyl (C=O) groups is 1. The van der Waals surface area contributed by atoms with Gasteiger partial charge in [-0.1, -0.05) is 24.3 Å². The van der Waals surface area contributed by atoms with Gasteiger partial charge >= 0.3 is 6.09 Å². The normalized spacial score (nSPS) is 10.1. The van der Waals surface area contributed by atoms with Gasteiger partial charge in [0.2, 0.25) is 0 Å². The first kappa shape index (κ1) is 14.8. The molecule has 0 aliphatic heterocycles. The van der Waals surface area contributed by atoms with Gasteiger partial charge < -0.3 is 4.74 Å². The molecule has 0 aromatic heterocycles. The molecule has 1 aromatic rings. The number of hydrogen-bond donors (Lipinski definition) is 0. The first-order valence-electron chi connectivity index (χ1n) is 6.10. The molecule has 0 saturated heterocycles. The minimum Gasteiger partial charge on any atom is -0.443 e. The number of benzene rings is 1. The zero-order valence-electron chi connectivity index (χ0n) is 11.6. The number of nitrogens with zero attached hydrogens (tertiary/aromatic N) is 1. The fraction of sp³-hybridized carbons (Fsp3) is 0.312. The molecule has 0 aliphatic carbocycles. The van der Waals surface area contributed by atoms with E-state index in [-0.39, 0.29) is 0 Å². The number of amides is 1. The Bertz CT molecular complexity index is 489. The second-order valence-corrected chi connectivity index (χ2v) is 4.98. The molecular formula is C16H19NO2. The van der Waals surface area contributed by atoms with Crippen LogP contribution in [0.15, 0.2) is 43.0 Å². The van der Waals surface area contributed by atoms with Gasteiger partial charge in [0, 0.05) is 11.6 Å². The molecule has 1 aromatic carbocycles. The molecule has 0 saturated carbocycles. The maximum absolute atomic E-state index is 11.9. The molecule has 19 heavy (non-hydrogen) atoms. The molecular weight excluding hydrogens is 238 g/mol. The quantitative estimate of drug-likeness (QED) is 0.461. The molecule has 100 valence electrons. The Kier molecular flexibility index (Phi) is 5.20. The van der Waals surface area contributed by atoms with E-state index >= 15 is 0 Å². The molecule has 0 aliphatic rings. The van der Waals surface area contributed by atoms with E-state index in [1.54, 1.807) is 6.08 Å². The van der Waals surface area contributed by atoms with Crippen LogP contribution in [0.3, 0.4) is 0 Å². The lowest BCUT2D eigenvalue weighted by Gasteiger charge is -2.23. The highest BCUT2D eigenvalue weighted by Gasteiger charge is 2.20. The Morgan fingerprint density at radius 2 is 2.00 bits per heavy atom. The average Bonchev–Trinajstić information content (AvgIpc) is 2.33. The van der Waals surface area contributed by atoms with Gasteiger partial charge in [-0.05, 0) is 38.8 Å². The van der Waals surface area contributed by atoms with Crippen LogP contribution in [-0.2, 0) is 4.74 Å². The molecule has 0 unspecified atom stereocenters. The highest BCUT2D eigenvalue weighted by molar-refractivity contribution is 5.70. The number of hydrogen-bond acceptors (Lipinski definition) is 2. The van der Waals surface area contributed by atoms with Crippen LogP contribution >= 0.6 is 0 Å². The van der Waals surface area contributed by atoms with Crippen LogP contribution in [0.2, 0.25) is 0 Å². The van der Waals surface area contributed by atoms with Gasteiger partial charge in [-0.2, -0.15) is 0 Å². The van der Waals surface area contributed by atoms with E-state index in [1.165, 1.54) is 4.90 Å². The van der Waals surface area contributed by atoms with E-state index in [4.69, 9.17) is 4.74 Å². The minimum atomic E-state index is -0.537. The van der Waals surface area contributed by atoms with Gasteiger partial charge in [-0.3, -0.25) is 0 Å². The third-order valence-corrected chi connectivity index (χ3v) is 2.03. The van der Waals surface area contributed by atoms with Crippen LogP contribution in [0.1, 0.15) is 26.3 Å². The SMILES string of the molecule is C=CCN(C#Cc1ccccc1)C(=O)OC(C)(C)C. The second-order valence-electron chi connectivity index (χ2n) is 4.98. The van der Waals surface area contributed by atoms with Gasteiger partial charge in [0.25, 0.3) is 0 Å². The summed E-state index contributed by atoms with van der Waals surface area (Å²) in [4.78, 5) is 13.2. The van der Waals surface area contributed by atoms with Crippen molar-refractivity contribution in [2.75, 3.05) is 6.54 Å². The highest BCUT2D eigenvalue weighted by atomic mass is 16.6. The topological polar surface area (TPSA) is 29.5 Å². The summed E-state index contributed by atoms with van der Waals surface area (Å²) >= 11 is 0. The Labute approximate surface area is 114 Å². The van der Waals surface area contributed by atoms with Gasteiger partial charge in [0.1, 0.15) is 5.60 Å². The highest BCUT2D eigenvalue weighted by Crippen LogP contribution is 2.09. The van der Waals surface area contributed by atoms with Crippen molar-refractivity contribution < 1.29 is 9.53 Å². The largest absolute Gasteiger partial charge is 0.443 e. The zero-order valence-corrected chi connectivity index (χ0v) is 11.6. The molecule has 3 heteroatoms. The molecule has 1 rings (SSSR count). The Hall–Kier alpha value is -2.21. The van der Waals surface area contributed by atoms with Crippen molar-refractivity contribution in [3.63, 3.8) is 0 Å². The molecule has 0 atom stereocenters. The summed E-state index contributed by atoms with van der Waals surface area (Å²) in [5.74, 6) is 2.92. The van der Waals surface area contributed by atoms with Crippen LogP contribution in [0, 0.1) is 12.0 Å². The predicted octanol–water partition coefficient (Wildman–Crippen LogP) is 3.42. The average molecular weight is 257 g/mol. The maximum atomic E-state index is 11.9. The predicted molar refractivity (Wildman–Crippen MR) is 76.5 cm³/mol. The first-order chi connectivity index (χ1) is 8.92. The van der Waals surface area contributed by atoms with Gasteiger partial charge in [-0.15, -0.1) is 6.58 Å². The summed E-state index contributed by atoms with van der Waals surface area (Å²) in [6.07, 6.45) is 1.15. The van der Waals surface area contributed by atoms with Gasteiger partial charge in [0.15, 0.2) is 0 Å². The summed E-state index contributed by atoms with van der Waals surface area (Å²) in [5.41, 5.74) is 0.311. The van der Waals surface area contributed by atoms with Crippen LogP contribution in [0.5, 0.6) is 0 Å². The maximum Gasteiger partial charge on any atom is 0.422 e. The first-order valence-corrected chi connectivity index (χ1v) is 6.10. The van der Waals surface area contributed by atoms with Crippen molar-refractivity contribution in [1.29, 1.82) is 0 Å². The molecule has 3 nitrogen and oxygen atoms in total. The van der Waals surface area contributed by atoms with Gasteiger partial charge in [0.05, 0.1) is 6.54 Å². The third kappa shape index (κ3) is 5.78. The lowest BCUT2D eigenvalue weighted by molar-refractivity contribution is 0.0368. The summed E-state index contributed by atoms with van der Waals surface area (Å²) in [7, 11) is 0. The zero-order chi connectivity index (χ0) is 14.3. The number of rotatable bonds is 2. The van der Waals surface area contributed by atoms with E-state index in [9.17, 15) is 4.79 Å². The van der Waals surface area contributed by atoms with E-state index < -0.39 is 11.7 Å². The molecule has 0 N–H and O–H groups in total. The van der Waals surface area contributed by atoms with E-state index in [2.05, 4.69) is 18.5 Å². The summed E-state index contributed by atoms with van der Waals surface area (Å²) in [6, 6.07) is 12.3. The lowest BCUT2D eigenvalue weighted by atomic mass is 10.2. The van der Waals surface area contributed by atoms with E-state index in [1.807, 2.05) is 51.1 Å². The minimum absolute atomic E-state index is 0.328. The lowest BCUT2D eigenvalue weighted by Crippen LogP contribution is -2.34. The second kappa shape index (κ2) is 6.65. The van der Waals surface area contributed by atoms with Crippen LogP contribution in [-0.4, -0.2) is 23.1 Å². The Morgan fingerprint density at radius 3 is 2.53 bits per heavy atom. The van der Waals surface area contributed by atoms with Crippen molar-refractivity contribution in [3.05, 3.63) is 48.6 Å². The molecule has 0 spiro atoms. The fourth-order valence-electron chi connectivity index (χ4n) is 1.27. The van der Waals surface area contributed by atoms with Crippen LogP contribution < -0.4 is 0 Å². The van der Waals surface area contributed by atoms with Crippen molar-refractivity contribution in [2.24, 2.45) is 0 Å². The summed E-state index contributed by atoms with van der Waals surface area (Å²) < 4.78 is 5.28. The standard InChI is InChI=1S/C16H19NO2/c1-5-12-17(15(18)19-16(2,3)4)13-11-14-9-7-6-8-10-14/h5-10H,1,12H2,2-4H3. The number of carbonyl (C=O) groups excluding carboxylic acids is 1. The van der Waals surface area contributed by atoms with Gasteiger partial charge in [-0.25, -0.2) is 9.69 Å². The molecule has 0 bridgehead atoms. The number of ether oxygens (including phenoxy) is 1. The molecule has 0 fully saturated rings. The molecule has 0 radical (unpaired) electrons.